The fourth-order valence-corrected chi connectivity index (χ4v) is 5.43. The van der Waals surface area contributed by atoms with Crippen molar-refractivity contribution in [1.29, 1.82) is 0 Å². The van der Waals surface area contributed by atoms with E-state index in [9.17, 15) is 13.5 Å². The predicted molar refractivity (Wildman–Crippen MR) is 138 cm³/mol. The number of sulfonamides is 1. The number of hydrogen-bond acceptors (Lipinski definition) is 8. The first-order chi connectivity index (χ1) is 17.7. The maximum Gasteiger partial charge on any atom is 0.296 e. The minimum absolute atomic E-state index is 0.223. The molecule has 0 aliphatic carbocycles. The Labute approximate surface area is 217 Å². The van der Waals surface area contributed by atoms with Gasteiger partial charge in [0.05, 0.1) is 30.2 Å². The first-order valence-electron chi connectivity index (χ1n) is 11.6. The fraction of sp³-hybridized carbons (Fsp3) is 0.280. The molecule has 2 fully saturated rings. The minimum atomic E-state index is -3.33. The van der Waals surface area contributed by atoms with Crippen LogP contribution in [0.15, 0.2) is 54.6 Å². The molecule has 37 heavy (non-hydrogen) atoms. The maximum absolute atomic E-state index is 11.4. The van der Waals surface area contributed by atoms with Gasteiger partial charge < -0.3 is 19.3 Å². The van der Waals surface area contributed by atoms with Crippen molar-refractivity contribution < 1.29 is 27.7 Å². The highest BCUT2D eigenvalue weighted by Crippen LogP contribution is 2.33. The summed E-state index contributed by atoms with van der Waals surface area (Å²) in [5, 5.41) is 10.4. The molecule has 2 aliphatic heterocycles. The zero-order chi connectivity index (χ0) is 25.7. The average molecular weight is 543 g/mol. The number of H-pyrrole nitrogens is 1. The Morgan fingerprint density at radius 1 is 1.00 bits per heavy atom. The molecule has 0 amide bonds. The standard InChI is InChI=1S/C25H23ClN4O6S/c1-37(32,33)30-16-8-6-14(7-9-16)13-2-4-15(5-3-13)21-17(26)10-18-24(28-21)29-25(27-18)36-20-12-35-22-19(31)11-34-23(20)22/h2-10,19-20,22-23,30-31H,11-12H2,1H3,(H,27,28,29)/t19-,20-,22-,23-/m1/s1. The number of benzene rings is 2. The van der Waals surface area contributed by atoms with Gasteiger partial charge in [-0.1, -0.05) is 48.0 Å². The second-order valence-corrected chi connectivity index (χ2v) is 11.2. The van der Waals surface area contributed by atoms with Gasteiger partial charge in [-0.25, -0.2) is 13.4 Å². The summed E-state index contributed by atoms with van der Waals surface area (Å²) >= 11 is 6.55. The van der Waals surface area contributed by atoms with Crippen molar-refractivity contribution >= 4 is 38.5 Å². The number of nitrogens with one attached hydrogen (secondary N) is 2. The number of aromatic nitrogens is 3. The van der Waals surface area contributed by atoms with Crippen LogP contribution in [0.2, 0.25) is 5.02 Å². The van der Waals surface area contributed by atoms with Gasteiger partial charge in [0.15, 0.2) is 11.8 Å². The monoisotopic (exact) mass is 542 g/mol. The Morgan fingerprint density at radius 2 is 1.65 bits per heavy atom. The van der Waals surface area contributed by atoms with Crippen molar-refractivity contribution in [3.8, 4) is 28.4 Å². The summed E-state index contributed by atoms with van der Waals surface area (Å²) in [7, 11) is -3.33. The quantitative estimate of drug-likeness (QED) is 0.338. The maximum atomic E-state index is 11.4. The van der Waals surface area contributed by atoms with Gasteiger partial charge in [-0.15, -0.1) is 0 Å². The van der Waals surface area contributed by atoms with Gasteiger partial charge in [0.25, 0.3) is 6.01 Å². The number of hydrogen-bond donors (Lipinski definition) is 3. The summed E-state index contributed by atoms with van der Waals surface area (Å²) in [6.07, 6.45) is -0.663. The molecule has 2 aromatic heterocycles. The van der Waals surface area contributed by atoms with Crippen LogP contribution in [-0.2, 0) is 19.5 Å². The van der Waals surface area contributed by atoms with Gasteiger partial charge >= 0.3 is 0 Å². The van der Waals surface area contributed by atoms with Gasteiger partial charge in [-0.3, -0.25) is 9.71 Å². The van der Waals surface area contributed by atoms with Crippen molar-refractivity contribution in [2.24, 2.45) is 0 Å². The number of nitrogens with zero attached hydrogens (tertiary/aromatic N) is 2. The van der Waals surface area contributed by atoms with E-state index in [-0.39, 0.29) is 24.8 Å². The predicted octanol–water partition coefficient (Wildman–Crippen LogP) is 3.22. The first kappa shape index (κ1) is 24.1. The second kappa shape index (κ2) is 9.26. The van der Waals surface area contributed by atoms with E-state index in [2.05, 4.69) is 19.7 Å². The molecule has 2 aromatic carbocycles. The molecule has 2 aliphatic rings. The van der Waals surface area contributed by atoms with Crippen molar-refractivity contribution in [2.45, 2.75) is 24.4 Å². The van der Waals surface area contributed by atoms with Gasteiger partial charge in [0.1, 0.15) is 23.8 Å². The number of aromatic amines is 1. The molecule has 6 rings (SSSR count). The van der Waals surface area contributed by atoms with Crippen LogP contribution in [-0.4, -0.2) is 72.4 Å². The molecule has 2 saturated heterocycles. The Kier molecular flexibility index (Phi) is 6.04. The van der Waals surface area contributed by atoms with E-state index in [0.717, 1.165) is 22.9 Å². The molecule has 192 valence electrons. The van der Waals surface area contributed by atoms with Gasteiger partial charge in [0, 0.05) is 11.3 Å². The highest BCUT2D eigenvalue weighted by atomic mass is 35.5. The first-order valence-corrected chi connectivity index (χ1v) is 13.8. The van der Waals surface area contributed by atoms with Crippen LogP contribution in [0, 0.1) is 0 Å². The fourth-order valence-electron chi connectivity index (χ4n) is 4.61. The number of imidazole rings is 1. The summed E-state index contributed by atoms with van der Waals surface area (Å²) in [6, 6.07) is 16.9. The van der Waals surface area contributed by atoms with Gasteiger partial charge in [-0.05, 0) is 29.3 Å². The van der Waals surface area contributed by atoms with Crippen molar-refractivity contribution in [1.82, 2.24) is 15.0 Å². The van der Waals surface area contributed by atoms with Crippen molar-refractivity contribution in [3.05, 3.63) is 59.6 Å². The van der Waals surface area contributed by atoms with Crippen molar-refractivity contribution in [3.63, 3.8) is 0 Å². The highest BCUT2D eigenvalue weighted by Gasteiger charge is 2.48. The van der Waals surface area contributed by atoms with Gasteiger partial charge in [-0.2, -0.15) is 4.98 Å². The summed E-state index contributed by atoms with van der Waals surface area (Å²) < 4.78 is 42.4. The zero-order valence-corrected chi connectivity index (χ0v) is 21.2. The van der Waals surface area contributed by atoms with Gasteiger partial charge in [0.2, 0.25) is 10.0 Å². The van der Waals surface area contributed by atoms with Crippen LogP contribution in [0.3, 0.4) is 0 Å². The van der Waals surface area contributed by atoms with Crippen LogP contribution in [0.5, 0.6) is 6.01 Å². The average Bonchev–Trinajstić information content (AvgIpc) is 3.55. The van der Waals surface area contributed by atoms with E-state index >= 15 is 0 Å². The van der Waals surface area contributed by atoms with Crippen LogP contribution in [0.4, 0.5) is 5.69 Å². The normalized spacial score (nSPS) is 23.3. The molecule has 12 heteroatoms. The Bertz CT molecular complexity index is 1560. The number of halogens is 1. The number of aliphatic hydroxyl groups is 1. The largest absolute Gasteiger partial charge is 0.456 e. The lowest BCUT2D eigenvalue weighted by atomic mass is 10.0. The summed E-state index contributed by atoms with van der Waals surface area (Å²) in [5.74, 6) is 0. The van der Waals surface area contributed by atoms with E-state index in [1.165, 1.54) is 0 Å². The third kappa shape index (κ3) is 4.88. The van der Waals surface area contributed by atoms with Crippen LogP contribution in [0.25, 0.3) is 33.5 Å². The molecule has 0 unspecified atom stereocenters. The minimum Gasteiger partial charge on any atom is -0.456 e. The molecule has 0 spiro atoms. The SMILES string of the molecule is CS(=O)(=O)Nc1ccc(-c2ccc(-c3nc4[nH]c(O[C@@H]5CO[C@H]6[C@@H]5OC[C@H]6O)nc4cc3Cl)cc2)cc1. The number of aliphatic hydroxyl groups excluding tert-OH is 1. The Hall–Kier alpha value is -3.22. The second-order valence-electron chi connectivity index (χ2n) is 9.08. The molecule has 0 bridgehead atoms. The number of anilines is 1. The molecule has 4 aromatic rings. The zero-order valence-electron chi connectivity index (χ0n) is 19.6. The molecule has 4 heterocycles. The van der Waals surface area contributed by atoms with E-state index in [0.29, 0.717) is 34.2 Å². The molecule has 10 nitrogen and oxygen atoms in total. The summed E-state index contributed by atoms with van der Waals surface area (Å²) in [4.78, 5) is 12.2. The molecule has 0 saturated carbocycles. The Balaban J connectivity index is 1.21. The molecular weight excluding hydrogens is 520 g/mol. The summed E-state index contributed by atoms with van der Waals surface area (Å²) in [5.41, 5.74) is 4.90. The van der Waals surface area contributed by atoms with E-state index in [4.69, 9.17) is 25.8 Å². The van der Waals surface area contributed by atoms with Crippen LogP contribution >= 0.6 is 11.6 Å². The molecule has 3 N–H and O–H groups in total. The smallest absolute Gasteiger partial charge is 0.296 e. The lowest BCUT2D eigenvalue weighted by Gasteiger charge is -2.15. The molecule has 4 atom stereocenters. The van der Waals surface area contributed by atoms with E-state index in [1.807, 2.05) is 36.4 Å². The Morgan fingerprint density at radius 3 is 2.35 bits per heavy atom. The van der Waals surface area contributed by atoms with Crippen LogP contribution in [0.1, 0.15) is 0 Å². The topological polar surface area (TPSA) is 136 Å². The lowest BCUT2D eigenvalue weighted by molar-refractivity contribution is 0.00706. The highest BCUT2D eigenvalue weighted by molar-refractivity contribution is 7.92. The number of fused-ring (bicyclic) bond motifs is 2. The third-order valence-electron chi connectivity index (χ3n) is 6.33. The number of ether oxygens (including phenoxy) is 3. The lowest BCUT2D eigenvalue weighted by Crippen LogP contribution is -2.34. The van der Waals surface area contributed by atoms with Crippen LogP contribution < -0.4 is 9.46 Å². The number of pyridine rings is 1. The van der Waals surface area contributed by atoms with Crippen molar-refractivity contribution in [2.75, 3.05) is 24.2 Å². The molecule has 0 radical (unpaired) electrons. The number of rotatable bonds is 6. The van der Waals surface area contributed by atoms with E-state index < -0.39 is 22.2 Å². The molecular formula is C25H23ClN4O6S. The third-order valence-corrected chi connectivity index (χ3v) is 7.22. The van der Waals surface area contributed by atoms with E-state index in [1.54, 1.807) is 18.2 Å². The summed E-state index contributed by atoms with van der Waals surface area (Å²) in [6.45, 7) is 0.520.